The molecular weight excluding hydrogens is 295 g/mol. The Kier molecular flexibility index (Phi) is 4.39. The van der Waals surface area contributed by atoms with Crippen LogP contribution in [0.3, 0.4) is 0 Å². The van der Waals surface area contributed by atoms with Crippen molar-refractivity contribution in [2.24, 2.45) is 17.8 Å². The quantitative estimate of drug-likeness (QED) is 0.679. The van der Waals surface area contributed by atoms with Gasteiger partial charge in [0.1, 0.15) is 0 Å². The molecule has 0 spiro atoms. The van der Waals surface area contributed by atoms with E-state index in [2.05, 4.69) is 0 Å². The van der Waals surface area contributed by atoms with Gasteiger partial charge < -0.3 is 0 Å². The van der Waals surface area contributed by atoms with Gasteiger partial charge in [-0.25, -0.2) is 0 Å². The van der Waals surface area contributed by atoms with Crippen LogP contribution in [0.2, 0.25) is 0 Å². The van der Waals surface area contributed by atoms with Crippen molar-refractivity contribution in [1.82, 2.24) is 0 Å². The summed E-state index contributed by atoms with van der Waals surface area (Å²) in [4.78, 5) is 39.3. The van der Waals surface area contributed by atoms with Crippen molar-refractivity contribution < 1.29 is 28.7 Å². The van der Waals surface area contributed by atoms with Crippen molar-refractivity contribution in [1.29, 1.82) is 0 Å². The predicted molar refractivity (Wildman–Crippen MR) is 77.4 cm³/mol. The summed E-state index contributed by atoms with van der Waals surface area (Å²) in [6.45, 7) is 1.82. The summed E-state index contributed by atoms with van der Waals surface area (Å²) in [6.07, 6.45) is 4.50. The molecule has 7 heteroatoms. The molecule has 0 radical (unpaired) electrons. The summed E-state index contributed by atoms with van der Waals surface area (Å²) >= 11 is 0. The molecule has 3 N–H and O–H groups in total. The molecule has 3 rings (SSSR count). The van der Waals surface area contributed by atoms with E-state index in [9.17, 15) is 4.79 Å². The summed E-state index contributed by atoms with van der Waals surface area (Å²) in [5, 5.41) is 0. The van der Waals surface area contributed by atoms with Crippen molar-refractivity contribution in [3.63, 3.8) is 0 Å². The van der Waals surface area contributed by atoms with E-state index in [0.29, 0.717) is 24.0 Å². The summed E-state index contributed by atoms with van der Waals surface area (Å²) in [5.74, 6) is 1.36. The van der Waals surface area contributed by atoms with E-state index in [1.54, 1.807) is 0 Å². The number of carbonyl (C=O) groups excluding carboxylic acids is 1. The van der Waals surface area contributed by atoms with Gasteiger partial charge in [0.2, 0.25) is 0 Å². The van der Waals surface area contributed by atoms with Crippen LogP contribution in [-0.2, 0) is 14.1 Å². The number of hydrogen-bond donors (Lipinski definition) is 3. The molecule has 3 aliphatic rings. The first-order valence-corrected chi connectivity index (χ1v) is 9.63. The monoisotopic (exact) mass is 320 g/mol. The number of ether oxygens (including phenoxy) is 1. The van der Waals surface area contributed by atoms with Gasteiger partial charge in [-0.05, 0) is 0 Å². The van der Waals surface area contributed by atoms with Gasteiger partial charge in [-0.15, -0.1) is 0 Å². The fourth-order valence-electron chi connectivity index (χ4n) is 4.53. The normalized spacial score (nSPS) is 44.9. The third-order valence-electron chi connectivity index (χ3n) is 5.42. The zero-order valence-corrected chi connectivity index (χ0v) is 13.3. The van der Waals surface area contributed by atoms with Gasteiger partial charge in [0.05, 0.1) is 0 Å². The van der Waals surface area contributed by atoms with Gasteiger partial charge >= 0.3 is 124 Å². The Balaban J connectivity index is 1.64. The van der Waals surface area contributed by atoms with Crippen LogP contribution in [0.25, 0.3) is 0 Å². The van der Waals surface area contributed by atoms with E-state index < -0.39 is 14.3 Å². The molecule has 6 unspecified atom stereocenters. The van der Waals surface area contributed by atoms with Crippen molar-refractivity contribution in [3.8, 4) is 0 Å². The second-order valence-corrected chi connectivity index (χ2v) is 8.10. The summed E-state index contributed by atoms with van der Waals surface area (Å²) in [5.41, 5.74) is 0. The van der Waals surface area contributed by atoms with E-state index in [4.69, 9.17) is 23.9 Å². The molecule has 0 bridgehead atoms. The molecule has 2 saturated carbocycles. The molecule has 1 aliphatic heterocycles. The maximum atomic E-state index is 12.0. The van der Waals surface area contributed by atoms with Crippen molar-refractivity contribution >= 4 is 14.0 Å². The minimum atomic E-state index is -4.51. The van der Waals surface area contributed by atoms with Gasteiger partial charge in [-0.1, -0.05) is 0 Å². The SMILES string of the molecule is CC1OC(C2CCC3C(=O)CCCC32)CC1O[PH](O)(O)O. The third-order valence-corrected chi connectivity index (χ3v) is 6.04. The Labute approximate surface area is 125 Å². The topological polar surface area (TPSA) is 96.2 Å². The Morgan fingerprint density at radius 3 is 2.67 bits per heavy atom. The predicted octanol–water partition coefficient (Wildman–Crippen LogP) is 1.33. The number of rotatable bonds is 3. The number of hydrogen-bond acceptors (Lipinski definition) is 6. The van der Waals surface area contributed by atoms with E-state index in [0.717, 1.165) is 32.1 Å². The first-order valence-electron chi connectivity index (χ1n) is 7.88. The number of fused-ring (bicyclic) bond motifs is 1. The van der Waals surface area contributed by atoms with Crippen molar-refractivity contribution in [2.75, 3.05) is 0 Å². The second-order valence-electron chi connectivity index (χ2n) is 6.72. The molecule has 0 aromatic carbocycles. The van der Waals surface area contributed by atoms with Gasteiger partial charge in [-0.2, -0.15) is 0 Å². The second kappa shape index (κ2) is 5.84. The first kappa shape index (κ1) is 15.8. The summed E-state index contributed by atoms with van der Waals surface area (Å²) < 4.78 is 10.9. The fourth-order valence-corrected chi connectivity index (χ4v) is 5.23. The van der Waals surface area contributed by atoms with Crippen LogP contribution >= 0.6 is 8.17 Å². The molecule has 0 amide bonds. The van der Waals surface area contributed by atoms with Crippen LogP contribution in [0.15, 0.2) is 0 Å². The Morgan fingerprint density at radius 2 is 1.95 bits per heavy atom. The van der Waals surface area contributed by atoms with Crippen molar-refractivity contribution in [3.05, 3.63) is 0 Å². The number of carbonyl (C=O) groups is 1. The molecular formula is C14H25O6P. The molecule has 6 atom stereocenters. The van der Waals surface area contributed by atoms with Crippen LogP contribution < -0.4 is 0 Å². The Bertz CT molecular complexity index is 409. The molecule has 6 nitrogen and oxygen atoms in total. The van der Waals surface area contributed by atoms with Crippen molar-refractivity contribution in [2.45, 2.75) is 63.8 Å². The molecule has 21 heavy (non-hydrogen) atoms. The Hall–Kier alpha value is -0.100. The third kappa shape index (κ3) is 3.31. The Morgan fingerprint density at radius 1 is 1.19 bits per heavy atom. The van der Waals surface area contributed by atoms with Gasteiger partial charge in [-0.3, -0.25) is 0 Å². The zero-order chi connectivity index (χ0) is 15.2. The van der Waals surface area contributed by atoms with Gasteiger partial charge in [0.15, 0.2) is 0 Å². The van der Waals surface area contributed by atoms with Gasteiger partial charge in [0.25, 0.3) is 0 Å². The zero-order valence-electron chi connectivity index (χ0n) is 12.3. The average Bonchev–Trinajstić information content (AvgIpc) is 2.93. The van der Waals surface area contributed by atoms with Crippen LogP contribution in [0.1, 0.15) is 45.4 Å². The molecule has 122 valence electrons. The van der Waals surface area contributed by atoms with E-state index >= 15 is 0 Å². The fraction of sp³-hybridized carbons (Fsp3) is 0.929. The number of Topliss-reactive ketones (excluding diaryl/α,β-unsaturated/α-hetero) is 1. The van der Waals surface area contributed by atoms with Crippen LogP contribution in [0, 0.1) is 17.8 Å². The van der Waals surface area contributed by atoms with Crippen LogP contribution in [-0.4, -0.2) is 38.8 Å². The van der Waals surface area contributed by atoms with E-state index in [1.165, 1.54) is 0 Å². The number of ketones is 1. The first-order chi connectivity index (χ1) is 9.85. The summed E-state index contributed by atoms with van der Waals surface area (Å²) in [6, 6.07) is 0. The molecule has 1 saturated heterocycles. The van der Waals surface area contributed by atoms with E-state index in [1.807, 2.05) is 6.92 Å². The molecule has 3 fully saturated rings. The summed E-state index contributed by atoms with van der Waals surface area (Å²) in [7, 11) is -4.51. The molecule has 2 aliphatic carbocycles. The molecule has 0 aromatic heterocycles. The average molecular weight is 320 g/mol. The van der Waals surface area contributed by atoms with E-state index in [-0.39, 0.29) is 18.1 Å². The maximum absolute atomic E-state index is 12.0. The van der Waals surface area contributed by atoms with Crippen LogP contribution in [0.4, 0.5) is 0 Å². The molecule has 1 heterocycles. The minimum absolute atomic E-state index is 0.0118. The molecule has 0 aromatic rings. The van der Waals surface area contributed by atoms with Gasteiger partial charge in [0, 0.05) is 0 Å². The standard InChI is InChI=1S/C14H25O6P/c1-8-13(20-21(16,17)18)7-14(19-8)11-6-5-10-9(11)3-2-4-12(10)15/h8-11,13-14,16-18,21H,2-7H2,1H3. The van der Waals surface area contributed by atoms with Crippen LogP contribution in [0.5, 0.6) is 0 Å².